The number of carbonyl (C=O) groups excluding carboxylic acids is 3. The molecule has 4 nitrogen and oxygen atoms in total. The second kappa shape index (κ2) is 12.5. The van der Waals surface area contributed by atoms with Crippen LogP contribution in [0.5, 0.6) is 0 Å². The lowest BCUT2D eigenvalue weighted by Gasteiger charge is -2.15. The van der Waals surface area contributed by atoms with E-state index in [0.717, 1.165) is 6.07 Å². The molecule has 4 rings (SSSR count). The van der Waals surface area contributed by atoms with Crippen LogP contribution in [0.3, 0.4) is 0 Å². The van der Waals surface area contributed by atoms with Gasteiger partial charge in [0.25, 0.3) is 0 Å². The molecule has 0 radical (unpaired) electrons. The van der Waals surface area contributed by atoms with Crippen LogP contribution in [0.2, 0.25) is 15.1 Å². The number of hydrogen-bond acceptors (Lipinski definition) is 3. The third kappa shape index (κ3) is 6.78. The van der Waals surface area contributed by atoms with Crippen molar-refractivity contribution in [3.63, 3.8) is 0 Å². The third-order valence-corrected chi connectivity index (χ3v) is 8.78. The van der Waals surface area contributed by atoms with E-state index in [1.165, 1.54) is 30.3 Å². The lowest BCUT2D eigenvalue weighted by Crippen LogP contribution is -2.38. The quantitative estimate of drug-likeness (QED) is 0.130. The number of ketones is 2. The van der Waals surface area contributed by atoms with E-state index in [-0.39, 0.29) is 21.3 Å². The highest BCUT2D eigenvalue weighted by atomic mass is 35.5. The molecule has 0 aromatic heterocycles. The maximum absolute atomic E-state index is 15.0. The highest BCUT2D eigenvalue weighted by Gasteiger charge is 2.67. The Kier molecular flexibility index (Phi) is 9.69. The van der Waals surface area contributed by atoms with Gasteiger partial charge in [0.15, 0.2) is 5.78 Å². The summed E-state index contributed by atoms with van der Waals surface area (Å²) in [5.41, 5.74) is -1.27. The minimum absolute atomic E-state index is 0.0850. The zero-order chi connectivity index (χ0) is 32.0. The number of benzene rings is 3. The standard InChI is InChI=1S/C28H16Cl5F6NO3/c29-16-5-3-13(40-25(43)23-22(27(23,32)33)11-1-4-17(30)18(31)7-11)9-14(16)20(41)8-12-2-6-19(34)15(24(12)35)10-21(42)28(38,39)26(36)37/h1-7,9,22-23,26H,8,10H2,(H,40,43)/t22-,23+/m0/s1. The van der Waals surface area contributed by atoms with Crippen molar-refractivity contribution in [1.29, 1.82) is 0 Å². The first-order valence-corrected chi connectivity index (χ1v) is 14.0. The van der Waals surface area contributed by atoms with E-state index in [9.17, 15) is 40.7 Å². The third-order valence-electron chi connectivity index (χ3n) is 6.77. The summed E-state index contributed by atoms with van der Waals surface area (Å²) in [5, 5.41) is 2.99. The van der Waals surface area contributed by atoms with Crippen LogP contribution in [0.1, 0.15) is 33.0 Å². The molecule has 1 aliphatic carbocycles. The monoisotopic (exact) mass is 703 g/mol. The lowest BCUT2D eigenvalue weighted by molar-refractivity contribution is -0.166. The second-order valence-electron chi connectivity index (χ2n) is 9.61. The van der Waals surface area contributed by atoms with Crippen molar-refractivity contribution >= 4 is 81.2 Å². The van der Waals surface area contributed by atoms with Crippen LogP contribution in [0.15, 0.2) is 48.5 Å². The Morgan fingerprint density at radius 1 is 0.884 bits per heavy atom. The van der Waals surface area contributed by atoms with Crippen LogP contribution in [-0.2, 0) is 22.4 Å². The molecule has 228 valence electrons. The topological polar surface area (TPSA) is 63.2 Å². The van der Waals surface area contributed by atoms with Crippen molar-refractivity contribution in [1.82, 2.24) is 0 Å². The summed E-state index contributed by atoms with van der Waals surface area (Å²) in [5.74, 6) is -13.5. The molecule has 0 bridgehead atoms. The van der Waals surface area contributed by atoms with Crippen LogP contribution < -0.4 is 5.32 Å². The van der Waals surface area contributed by atoms with Crippen molar-refractivity contribution in [2.75, 3.05) is 5.32 Å². The highest BCUT2D eigenvalue weighted by Crippen LogP contribution is 2.65. The molecule has 1 fully saturated rings. The summed E-state index contributed by atoms with van der Waals surface area (Å²) in [4.78, 5) is 37.7. The number of nitrogens with one attached hydrogen (secondary N) is 1. The van der Waals surface area contributed by atoms with Gasteiger partial charge in [0.05, 0.1) is 21.0 Å². The number of amides is 1. The molecule has 1 aliphatic rings. The van der Waals surface area contributed by atoms with E-state index in [1.807, 2.05) is 0 Å². The Morgan fingerprint density at radius 2 is 1.53 bits per heavy atom. The molecular formula is C28H16Cl5F6NO3. The minimum atomic E-state index is -5.13. The summed E-state index contributed by atoms with van der Waals surface area (Å²) in [6.45, 7) is 0. The lowest BCUT2D eigenvalue weighted by atomic mass is 9.97. The zero-order valence-electron chi connectivity index (χ0n) is 21.1. The number of halogens is 11. The maximum atomic E-state index is 15.0. The van der Waals surface area contributed by atoms with Crippen LogP contribution in [0.4, 0.5) is 32.0 Å². The fourth-order valence-electron chi connectivity index (χ4n) is 4.42. The number of alkyl halides is 6. The number of anilines is 1. The van der Waals surface area contributed by atoms with Gasteiger partial charge in [-0.1, -0.05) is 46.9 Å². The molecule has 0 heterocycles. The Morgan fingerprint density at radius 3 is 2.16 bits per heavy atom. The average molecular weight is 706 g/mol. The van der Waals surface area contributed by atoms with Crippen molar-refractivity contribution in [2.45, 2.75) is 35.4 Å². The van der Waals surface area contributed by atoms with Gasteiger partial charge in [0.2, 0.25) is 11.7 Å². The van der Waals surface area contributed by atoms with E-state index in [1.54, 1.807) is 6.07 Å². The Bertz CT molecular complexity index is 1630. The van der Waals surface area contributed by atoms with Gasteiger partial charge in [-0.3, -0.25) is 14.4 Å². The molecule has 1 amide bonds. The average Bonchev–Trinajstić information content (AvgIpc) is 3.52. The van der Waals surface area contributed by atoms with Crippen molar-refractivity contribution in [3.05, 3.63) is 97.5 Å². The van der Waals surface area contributed by atoms with E-state index < -0.39 is 81.6 Å². The molecule has 43 heavy (non-hydrogen) atoms. The van der Waals surface area contributed by atoms with Gasteiger partial charge in [-0.05, 0) is 47.5 Å². The first kappa shape index (κ1) is 33.4. The summed E-state index contributed by atoms with van der Waals surface area (Å²) < 4.78 is 79.4. The van der Waals surface area contributed by atoms with Crippen LogP contribution in [-0.4, -0.2) is 34.2 Å². The van der Waals surface area contributed by atoms with Crippen LogP contribution in [0.25, 0.3) is 0 Å². The van der Waals surface area contributed by atoms with Gasteiger partial charge < -0.3 is 5.32 Å². The van der Waals surface area contributed by atoms with Crippen molar-refractivity contribution in [3.8, 4) is 0 Å². The first-order valence-electron chi connectivity index (χ1n) is 12.1. The zero-order valence-corrected chi connectivity index (χ0v) is 24.9. The van der Waals surface area contributed by atoms with Gasteiger partial charge in [-0.2, -0.15) is 8.78 Å². The highest BCUT2D eigenvalue weighted by molar-refractivity contribution is 6.53. The molecular weight excluding hydrogens is 690 g/mol. The molecule has 1 saturated carbocycles. The van der Waals surface area contributed by atoms with Crippen LogP contribution >= 0.6 is 58.0 Å². The number of hydrogen-bond donors (Lipinski definition) is 1. The van der Waals surface area contributed by atoms with Gasteiger partial charge in [0, 0.05) is 35.6 Å². The van der Waals surface area contributed by atoms with E-state index in [2.05, 4.69) is 5.32 Å². The molecule has 3 aromatic rings. The van der Waals surface area contributed by atoms with Gasteiger partial charge in [0.1, 0.15) is 16.0 Å². The minimum Gasteiger partial charge on any atom is -0.326 e. The smallest absolute Gasteiger partial charge is 0.326 e. The van der Waals surface area contributed by atoms with Crippen LogP contribution in [0, 0.1) is 17.6 Å². The predicted molar refractivity (Wildman–Crippen MR) is 151 cm³/mol. The largest absolute Gasteiger partial charge is 0.364 e. The molecule has 3 aromatic carbocycles. The molecule has 15 heteroatoms. The predicted octanol–water partition coefficient (Wildman–Crippen LogP) is 8.89. The Hall–Kier alpha value is -2.50. The summed E-state index contributed by atoms with van der Waals surface area (Å²) in [7, 11) is 0. The van der Waals surface area contributed by atoms with Crippen molar-refractivity contribution < 1.29 is 40.7 Å². The molecule has 0 unspecified atom stereocenters. The Balaban J connectivity index is 1.51. The number of carbonyl (C=O) groups is 3. The first-order chi connectivity index (χ1) is 20.0. The number of Topliss-reactive ketones (excluding diaryl/α,β-unsaturated/α-hetero) is 2. The van der Waals surface area contributed by atoms with Gasteiger partial charge in [-0.15, -0.1) is 23.2 Å². The molecule has 0 aliphatic heterocycles. The maximum Gasteiger partial charge on any atom is 0.364 e. The Labute approximate surface area is 265 Å². The summed E-state index contributed by atoms with van der Waals surface area (Å²) >= 11 is 30.9. The molecule has 0 spiro atoms. The van der Waals surface area contributed by atoms with Gasteiger partial charge >= 0.3 is 12.3 Å². The SMILES string of the molecule is O=C(Cc1ccc(F)c(CC(=O)C(F)(F)C(F)F)c1F)c1cc(NC(=O)[C@H]2[C@H](c3ccc(Cl)c(Cl)c3)C2(Cl)Cl)ccc1Cl. The molecule has 1 N–H and O–H groups in total. The van der Waals surface area contributed by atoms with Gasteiger partial charge in [-0.25, -0.2) is 17.6 Å². The molecule has 2 atom stereocenters. The normalized spacial score (nSPS) is 17.6. The summed E-state index contributed by atoms with van der Waals surface area (Å²) in [6.07, 6.45) is -6.84. The van der Waals surface area contributed by atoms with E-state index >= 15 is 0 Å². The number of rotatable bonds is 10. The fraction of sp³-hybridized carbons (Fsp3) is 0.250. The van der Waals surface area contributed by atoms with Crippen molar-refractivity contribution in [2.24, 2.45) is 5.92 Å². The summed E-state index contributed by atoms with van der Waals surface area (Å²) in [6, 6.07) is 9.92. The fourth-order valence-corrected chi connectivity index (χ4v) is 5.78. The van der Waals surface area contributed by atoms with E-state index in [0.29, 0.717) is 16.7 Å². The van der Waals surface area contributed by atoms with E-state index in [4.69, 9.17) is 58.0 Å². The second-order valence-corrected chi connectivity index (χ2v) is 12.3. The molecule has 0 saturated heterocycles.